The van der Waals surface area contributed by atoms with Crippen molar-refractivity contribution >= 4 is 0 Å². The number of nitrogens with zero attached hydrogens (tertiary/aromatic N) is 1. The second-order valence-corrected chi connectivity index (χ2v) is 3.91. The van der Waals surface area contributed by atoms with E-state index in [9.17, 15) is 0 Å². The Morgan fingerprint density at radius 2 is 2.31 bits per heavy atom. The lowest BCUT2D eigenvalue weighted by atomic mass is 9.82. The van der Waals surface area contributed by atoms with Crippen molar-refractivity contribution < 1.29 is 0 Å². The highest BCUT2D eigenvalue weighted by atomic mass is 14.6. The summed E-state index contributed by atoms with van der Waals surface area (Å²) in [6.07, 6.45) is 8.66. The number of nitrogens with two attached hydrogens (primary N) is 1. The first-order chi connectivity index (χ1) is 6.36. The van der Waals surface area contributed by atoms with Gasteiger partial charge in [0.1, 0.15) is 0 Å². The Balaban J connectivity index is 2.08. The smallest absolute Gasteiger partial charge is 0.0302 e. The molecule has 0 spiro atoms. The molecule has 0 unspecified atom stereocenters. The Morgan fingerprint density at radius 1 is 1.38 bits per heavy atom. The van der Waals surface area contributed by atoms with Crippen molar-refractivity contribution in [2.24, 2.45) is 5.73 Å². The molecule has 0 radical (unpaired) electrons. The van der Waals surface area contributed by atoms with Crippen LogP contribution in [0.4, 0.5) is 0 Å². The highest BCUT2D eigenvalue weighted by Crippen LogP contribution is 2.31. The summed E-state index contributed by atoms with van der Waals surface area (Å²) in [6.45, 7) is 0. The third-order valence-electron chi connectivity index (χ3n) is 2.87. The van der Waals surface area contributed by atoms with E-state index < -0.39 is 0 Å². The molecule has 1 aliphatic rings. The molecule has 0 amide bonds. The van der Waals surface area contributed by atoms with Crippen LogP contribution in [0, 0.1) is 0 Å². The molecule has 1 saturated carbocycles. The van der Waals surface area contributed by atoms with Gasteiger partial charge in [-0.15, -0.1) is 0 Å². The molecule has 0 aromatic carbocycles. The third kappa shape index (κ3) is 2.07. The van der Waals surface area contributed by atoms with Gasteiger partial charge in [0.25, 0.3) is 0 Å². The fraction of sp³-hybridized carbons (Fsp3) is 0.545. The predicted octanol–water partition coefficient (Wildman–Crippen LogP) is 2.07. The topological polar surface area (TPSA) is 38.9 Å². The van der Waals surface area contributed by atoms with Crippen LogP contribution in [0.1, 0.15) is 37.2 Å². The zero-order chi connectivity index (χ0) is 9.10. The van der Waals surface area contributed by atoms with E-state index in [-0.39, 0.29) is 0 Å². The zero-order valence-electron chi connectivity index (χ0n) is 7.82. The molecule has 2 heteroatoms. The number of hydrogen-bond donors (Lipinski definition) is 1. The molecule has 2 N–H and O–H groups in total. The van der Waals surface area contributed by atoms with Crippen LogP contribution in [0.2, 0.25) is 0 Å². The van der Waals surface area contributed by atoms with Crippen LogP contribution in [0.15, 0.2) is 24.5 Å². The van der Waals surface area contributed by atoms with Gasteiger partial charge >= 0.3 is 0 Å². The summed E-state index contributed by atoms with van der Waals surface area (Å²) in [5, 5.41) is 0. The molecule has 1 aromatic rings. The molecular formula is C11H16N2. The van der Waals surface area contributed by atoms with E-state index in [1.165, 1.54) is 24.8 Å². The van der Waals surface area contributed by atoms with Gasteiger partial charge in [-0.05, 0) is 36.8 Å². The van der Waals surface area contributed by atoms with Crippen LogP contribution in [0.5, 0.6) is 0 Å². The second-order valence-electron chi connectivity index (χ2n) is 3.91. The largest absolute Gasteiger partial charge is 0.328 e. The van der Waals surface area contributed by atoms with Gasteiger partial charge in [-0.3, -0.25) is 4.98 Å². The van der Waals surface area contributed by atoms with E-state index in [2.05, 4.69) is 11.1 Å². The predicted molar refractivity (Wildman–Crippen MR) is 53.4 cm³/mol. The van der Waals surface area contributed by atoms with E-state index in [0.717, 1.165) is 6.42 Å². The summed E-state index contributed by atoms with van der Waals surface area (Å²) in [6, 6.07) is 4.57. The van der Waals surface area contributed by atoms with E-state index >= 15 is 0 Å². The maximum Gasteiger partial charge on any atom is 0.0302 e. The molecule has 2 rings (SSSR count). The average molecular weight is 176 g/mol. The van der Waals surface area contributed by atoms with Crippen molar-refractivity contribution in [1.82, 2.24) is 4.98 Å². The van der Waals surface area contributed by atoms with E-state index in [4.69, 9.17) is 5.73 Å². The molecule has 0 aliphatic heterocycles. The van der Waals surface area contributed by atoms with Crippen molar-refractivity contribution in [2.45, 2.75) is 37.6 Å². The molecule has 1 aromatic heterocycles. The quantitative estimate of drug-likeness (QED) is 0.711. The fourth-order valence-corrected chi connectivity index (χ4v) is 2.15. The van der Waals surface area contributed by atoms with Crippen LogP contribution in [0.3, 0.4) is 0 Å². The lowest BCUT2D eigenvalue weighted by Crippen LogP contribution is -2.26. The average Bonchev–Trinajstić information content (AvgIpc) is 2.19. The summed E-state index contributed by atoms with van der Waals surface area (Å²) < 4.78 is 0. The van der Waals surface area contributed by atoms with Crippen LogP contribution in [0.25, 0.3) is 0 Å². The first-order valence-corrected chi connectivity index (χ1v) is 5.02. The Hall–Kier alpha value is -0.890. The van der Waals surface area contributed by atoms with Gasteiger partial charge in [-0.2, -0.15) is 0 Å². The monoisotopic (exact) mass is 176 g/mol. The molecule has 2 nitrogen and oxygen atoms in total. The van der Waals surface area contributed by atoms with Gasteiger partial charge in [0.2, 0.25) is 0 Å². The first-order valence-electron chi connectivity index (χ1n) is 5.02. The second kappa shape index (κ2) is 3.88. The van der Waals surface area contributed by atoms with Gasteiger partial charge in [-0.1, -0.05) is 12.5 Å². The molecule has 13 heavy (non-hydrogen) atoms. The van der Waals surface area contributed by atoms with Crippen molar-refractivity contribution in [3.05, 3.63) is 30.1 Å². The van der Waals surface area contributed by atoms with Crippen molar-refractivity contribution in [3.8, 4) is 0 Å². The maximum absolute atomic E-state index is 5.94. The molecule has 1 fully saturated rings. The molecule has 1 aliphatic carbocycles. The summed E-state index contributed by atoms with van der Waals surface area (Å²) in [4.78, 5) is 4.14. The number of rotatable bonds is 1. The Labute approximate surface area is 79.2 Å². The van der Waals surface area contributed by atoms with Crippen molar-refractivity contribution in [3.63, 3.8) is 0 Å². The van der Waals surface area contributed by atoms with Gasteiger partial charge in [-0.25, -0.2) is 0 Å². The standard InChI is InChI=1S/C11H16N2/c12-11-5-1-3-9(7-11)10-4-2-6-13-8-10/h2,4,6,8-9,11H,1,3,5,7,12H2/t9-,11+/m0/s1. The van der Waals surface area contributed by atoms with Crippen molar-refractivity contribution in [2.75, 3.05) is 0 Å². The maximum atomic E-state index is 5.94. The summed E-state index contributed by atoms with van der Waals surface area (Å²) in [5.74, 6) is 0.650. The lowest BCUT2D eigenvalue weighted by Gasteiger charge is -2.26. The van der Waals surface area contributed by atoms with Crippen LogP contribution in [-0.4, -0.2) is 11.0 Å². The zero-order valence-corrected chi connectivity index (χ0v) is 7.82. The van der Waals surface area contributed by atoms with Crippen molar-refractivity contribution in [1.29, 1.82) is 0 Å². The Bertz CT molecular complexity index is 258. The SMILES string of the molecule is N[C@@H]1CCC[C@H](c2cccnc2)C1. The van der Waals surface area contributed by atoms with Gasteiger partial charge < -0.3 is 5.73 Å². The van der Waals surface area contributed by atoms with E-state index in [0.29, 0.717) is 12.0 Å². The third-order valence-corrected chi connectivity index (χ3v) is 2.87. The molecule has 1 heterocycles. The van der Waals surface area contributed by atoms with Gasteiger partial charge in [0.15, 0.2) is 0 Å². The highest BCUT2D eigenvalue weighted by molar-refractivity contribution is 5.15. The molecule has 0 bridgehead atoms. The number of aromatic nitrogens is 1. The minimum Gasteiger partial charge on any atom is -0.328 e. The summed E-state index contributed by atoms with van der Waals surface area (Å²) in [7, 11) is 0. The first kappa shape index (κ1) is 8.70. The van der Waals surface area contributed by atoms with Gasteiger partial charge in [0, 0.05) is 18.4 Å². The van der Waals surface area contributed by atoms with Crippen LogP contribution < -0.4 is 5.73 Å². The number of hydrogen-bond acceptors (Lipinski definition) is 2. The number of pyridine rings is 1. The van der Waals surface area contributed by atoms with E-state index in [1.54, 1.807) is 0 Å². The summed E-state index contributed by atoms with van der Waals surface area (Å²) in [5.41, 5.74) is 7.30. The minimum atomic E-state index is 0.402. The lowest BCUT2D eigenvalue weighted by molar-refractivity contribution is 0.393. The highest BCUT2D eigenvalue weighted by Gasteiger charge is 2.20. The molecule has 2 atom stereocenters. The van der Waals surface area contributed by atoms with Crippen LogP contribution >= 0.6 is 0 Å². The molecule has 70 valence electrons. The Kier molecular flexibility index (Phi) is 2.60. The van der Waals surface area contributed by atoms with E-state index in [1.807, 2.05) is 18.5 Å². The van der Waals surface area contributed by atoms with Gasteiger partial charge in [0.05, 0.1) is 0 Å². The molecular weight excluding hydrogens is 160 g/mol. The normalized spacial score (nSPS) is 28.7. The minimum absolute atomic E-state index is 0.402. The molecule has 0 saturated heterocycles. The van der Waals surface area contributed by atoms with Crippen LogP contribution in [-0.2, 0) is 0 Å². The fourth-order valence-electron chi connectivity index (χ4n) is 2.15. The summed E-state index contributed by atoms with van der Waals surface area (Å²) >= 11 is 0. The Morgan fingerprint density at radius 3 is 3.00 bits per heavy atom.